The molecule has 3 rings (SSSR count). The van der Waals surface area contributed by atoms with Crippen molar-refractivity contribution in [2.75, 3.05) is 11.9 Å². The van der Waals surface area contributed by atoms with Gasteiger partial charge in [0.05, 0.1) is 5.56 Å². The van der Waals surface area contributed by atoms with Crippen LogP contribution in [0.15, 0.2) is 36.5 Å². The SMILES string of the molecule is O=C(NCc1cccc2c1CCCN2)c1cccnc1C(F)(F)F. The molecule has 0 unspecified atom stereocenters. The molecule has 0 saturated heterocycles. The molecule has 0 saturated carbocycles. The molecule has 126 valence electrons. The summed E-state index contributed by atoms with van der Waals surface area (Å²) in [5.41, 5.74) is 1.40. The fraction of sp³-hybridized carbons (Fsp3) is 0.294. The van der Waals surface area contributed by atoms with Gasteiger partial charge in [0, 0.05) is 25.0 Å². The van der Waals surface area contributed by atoms with Gasteiger partial charge in [-0.2, -0.15) is 13.2 Å². The van der Waals surface area contributed by atoms with Crippen LogP contribution in [0.2, 0.25) is 0 Å². The minimum atomic E-state index is -4.66. The molecule has 1 aliphatic heterocycles. The first-order valence-electron chi connectivity index (χ1n) is 7.62. The van der Waals surface area contributed by atoms with Gasteiger partial charge in [0.2, 0.25) is 0 Å². The quantitative estimate of drug-likeness (QED) is 0.904. The van der Waals surface area contributed by atoms with E-state index in [0.717, 1.165) is 48.5 Å². The zero-order valence-electron chi connectivity index (χ0n) is 12.8. The predicted octanol–water partition coefficient (Wildman–Crippen LogP) is 3.39. The van der Waals surface area contributed by atoms with Gasteiger partial charge in [0.1, 0.15) is 0 Å². The molecular weight excluding hydrogens is 319 g/mol. The number of benzene rings is 1. The summed E-state index contributed by atoms with van der Waals surface area (Å²) in [4.78, 5) is 15.5. The average Bonchev–Trinajstić information content (AvgIpc) is 2.59. The first-order chi connectivity index (χ1) is 11.5. The molecule has 2 aromatic rings. The van der Waals surface area contributed by atoms with E-state index in [4.69, 9.17) is 0 Å². The summed E-state index contributed by atoms with van der Waals surface area (Å²) >= 11 is 0. The lowest BCUT2D eigenvalue weighted by atomic mass is 9.97. The van der Waals surface area contributed by atoms with E-state index < -0.39 is 23.3 Å². The van der Waals surface area contributed by atoms with Crippen LogP contribution in [0, 0.1) is 0 Å². The third-order valence-electron chi connectivity index (χ3n) is 3.95. The van der Waals surface area contributed by atoms with Gasteiger partial charge in [-0.1, -0.05) is 12.1 Å². The maximum absolute atomic E-state index is 12.9. The lowest BCUT2D eigenvalue weighted by Crippen LogP contribution is -2.27. The van der Waals surface area contributed by atoms with Crippen molar-refractivity contribution >= 4 is 11.6 Å². The summed E-state index contributed by atoms with van der Waals surface area (Å²) < 4.78 is 38.8. The third-order valence-corrected chi connectivity index (χ3v) is 3.95. The highest BCUT2D eigenvalue weighted by molar-refractivity contribution is 5.95. The number of amides is 1. The second kappa shape index (κ2) is 6.51. The molecule has 1 aliphatic rings. The van der Waals surface area contributed by atoms with Crippen molar-refractivity contribution in [2.45, 2.75) is 25.6 Å². The van der Waals surface area contributed by atoms with E-state index in [9.17, 15) is 18.0 Å². The molecule has 2 N–H and O–H groups in total. The highest BCUT2D eigenvalue weighted by Gasteiger charge is 2.36. The first-order valence-corrected chi connectivity index (χ1v) is 7.62. The molecule has 0 fully saturated rings. The monoisotopic (exact) mass is 335 g/mol. The molecule has 2 heterocycles. The van der Waals surface area contributed by atoms with Gasteiger partial charge in [0.15, 0.2) is 5.69 Å². The number of halogens is 3. The Bertz CT molecular complexity index is 759. The van der Waals surface area contributed by atoms with Crippen LogP contribution < -0.4 is 10.6 Å². The maximum Gasteiger partial charge on any atom is 0.434 e. The number of alkyl halides is 3. The standard InChI is InChI=1S/C17H16F3N3O/c18-17(19,20)15-13(6-3-9-22-15)16(24)23-10-11-4-1-7-14-12(11)5-2-8-21-14/h1,3-4,6-7,9,21H,2,5,8,10H2,(H,23,24). The number of anilines is 1. The fourth-order valence-electron chi connectivity index (χ4n) is 2.83. The van der Waals surface area contributed by atoms with E-state index >= 15 is 0 Å². The van der Waals surface area contributed by atoms with Crippen LogP contribution in [0.1, 0.15) is 33.6 Å². The number of nitrogens with one attached hydrogen (secondary N) is 2. The highest BCUT2D eigenvalue weighted by atomic mass is 19.4. The molecule has 0 spiro atoms. The van der Waals surface area contributed by atoms with Gasteiger partial charge < -0.3 is 10.6 Å². The molecule has 1 amide bonds. The summed E-state index contributed by atoms with van der Waals surface area (Å²) in [6, 6.07) is 8.15. The Morgan fingerprint density at radius 2 is 2.08 bits per heavy atom. The molecule has 0 aliphatic carbocycles. The van der Waals surface area contributed by atoms with Crippen LogP contribution >= 0.6 is 0 Å². The Balaban J connectivity index is 1.78. The number of aromatic nitrogens is 1. The van der Waals surface area contributed by atoms with Gasteiger partial charge in [0.25, 0.3) is 5.91 Å². The maximum atomic E-state index is 12.9. The normalized spacial score (nSPS) is 13.8. The summed E-state index contributed by atoms with van der Waals surface area (Å²) in [5, 5.41) is 5.85. The second-order valence-corrected chi connectivity index (χ2v) is 5.55. The predicted molar refractivity (Wildman–Crippen MR) is 83.7 cm³/mol. The molecule has 24 heavy (non-hydrogen) atoms. The Morgan fingerprint density at radius 1 is 1.25 bits per heavy atom. The summed E-state index contributed by atoms with van der Waals surface area (Å²) in [6.45, 7) is 1.07. The Labute approximate surface area is 137 Å². The molecule has 1 aromatic heterocycles. The van der Waals surface area contributed by atoms with Gasteiger partial charge in [-0.25, -0.2) is 0 Å². The van der Waals surface area contributed by atoms with Gasteiger partial charge in [-0.3, -0.25) is 9.78 Å². The molecule has 0 bridgehead atoms. The third kappa shape index (κ3) is 3.34. The summed E-state index contributed by atoms with van der Waals surface area (Å²) in [6.07, 6.45) is -1.77. The zero-order valence-corrected chi connectivity index (χ0v) is 12.8. The van der Waals surface area contributed by atoms with E-state index in [2.05, 4.69) is 15.6 Å². The smallest absolute Gasteiger partial charge is 0.385 e. The van der Waals surface area contributed by atoms with E-state index in [-0.39, 0.29) is 6.54 Å². The Kier molecular flexibility index (Phi) is 4.42. The minimum absolute atomic E-state index is 0.176. The minimum Gasteiger partial charge on any atom is -0.385 e. The second-order valence-electron chi connectivity index (χ2n) is 5.55. The Hall–Kier alpha value is -2.57. The lowest BCUT2D eigenvalue weighted by Gasteiger charge is -2.21. The number of rotatable bonds is 3. The van der Waals surface area contributed by atoms with E-state index in [1.165, 1.54) is 6.07 Å². The molecule has 1 aromatic carbocycles. The largest absolute Gasteiger partial charge is 0.434 e. The number of hydrogen-bond donors (Lipinski definition) is 2. The number of fused-ring (bicyclic) bond motifs is 1. The van der Waals surface area contributed by atoms with Crippen molar-refractivity contribution in [3.05, 3.63) is 58.9 Å². The number of pyridine rings is 1. The molecule has 4 nitrogen and oxygen atoms in total. The van der Waals surface area contributed by atoms with Crippen LogP contribution in [-0.2, 0) is 19.1 Å². The fourth-order valence-corrected chi connectivity index (χ4v) is 2.83. The van der Waals surface area contributed by atoms with E-state index in [0.29, 0.717) is 0 Å². The van der Waals surface area contributed by atoms with Crippen molar-refractivity contribution in [3.8, 4) is 0 Å². The number of nitrogens with zero attached hydrogens (tertiary/aromatic N) is 1. The summed E-state index contributed by atoms with van der Waals surface area (Å²) in [7, 11) is 0. The van der Waals surface area contributed by atoms with E-state index in [1.807, 2.05) is 18.2 Å². The Morgan fingerprint density at radius 3 is 2.88 bits per heavy atom. The van der Waals surface area contributed by atoms with Crippen LogP contribution in [0.25, 0.3) is 0 Å². The van der Waals surface area contributed by atoms with Crippen LogP contribution in [0.5, 0.6) is 0 Å². The summed E-state index contributed by atoms with van der Waals surface area (Å²) in [5.74, 6) is -0.781. The van der Waals surface area contributed by atoms with Crippen molar-refractivity contribution in [2.24, 2.45) is 0 Å². The van der Waals surface area contributed by atoms with E-state index in [1.54, 1.807) is 0 Å². The topological polar surface area (TPSA) is 54.0 Å². The molecular formula is C17H16F3N3O. The van der Waals surface area contributed by atoms with Gasteiger partial charge in [-0.15, -0.1) is 0 Å². The number of carbonyl (C=O) groups excluding carboxylic acids is 1. The molecule has 7 heteroatoms. The average molecular weight is 335 g/mol. The highest BCUT2D eigenvalue weighted by Crippen LogP contribution is 2.30. The van der Waals surface area contributed by atoms with Crippen LogP contribution in [0.4, 0.5) is 18.9 Å². The van der Waals surface area contributed by atoms with Crippen molar-refractivity contribution < 1.29 is 18.0 Å². The first kappa shape index (κ1) is 16.3. The number of carbonyl (C=O) groups is 1. The lowest BCUT2D eigenvalue weighted by molar-refractivity contribution is -0.141. The van der Waals surface area contributed by atoms with Crippen LogP contribution in [-0.4, -0.2) is 17.4 Å². The van der Waals surface area contributed by atoms with Gasteiger partial charge in [-0.05, 0) is 42.2 Å². The number of hydrogen-bond acceptors (Lipinski definition) is 3. The van der Waals surface area contributed by atoms with Crippen molar-refractivity contribution in [1.82, 2.24) is 10.3 Å². The van der Waals surface area contributed by atoms with Crippen LogP contribution in [0.3, 0.4) is 0 Å². The zero-order chi connectivity index (χ0) is 17.2. The molecule has 0 radical (unpaired) electrons. The van der Waals surface area contributed by atoms with Gasteiger partial charge >= 0.3 is 6.18 Å². The van der Waals surface area contributed by atoms with Crippen molar-refractivity contribution in [3.63, 3.8) is 0 Å². The molecule has 0 atom stereocenters. The van der Waals surface area contributed by atoms with Crippen molar-refractivity contribution in [1.29, 1.82) is 0 Å².